The number of carbonyl (C=O) groups excluding carboxylic acids is 3. The van der Waals surface area contributed by atoms with Crippen molar-refractivity contribution in [2.24, 2.45) is 0 Å². The molecular weight excluding hydrogens is 350 g/mol. The average Bonchev–Trinajstić information content (AvgIpc) is 3.20. The van der Waals surface area contributed by atoms with E-state index in [9.17, 15) is 19.2 Å². The van der Waals surface area contributed by atoms with Crippen LogP contribution in [0.2, 0.25) is 0 Å². The van der Waals surface area contributed by atoms with Crippen molar-refractivity contribution < 1.29 is 24.3 Å². The Bertz CT molecular complexity index is 968. The summed E-state index contributed by atoms with van der Waals surface area (Å²) in [5.41, 5.74) is 3.97. The predicted octanol–water partition coefficient (Wildman–Crippen LogP) is 1.42. The summed E-state index contributed by atoms with van der Waals surface area (Å²) in [5, 5.41) is 16.6. The predicted molar refractivity (Wildman–Crippen MR) is 97.9 cm³/mol. The Labute approximate surface area is 154 Å². The summed E-state index contributed by atoms with van der Waals surface area (Å²) in [6, 6.07) is 9.81. The van der Waals surface area contributed by atoms with Crippen molar-refractivity contribution in [1.29, 1.82) is 0 Å². The molecule has 8 nitrogen and oxygen atoms in total. The van der Waals surface area contributed by atoms with E-state index in [1.807, 2.05) is 0 Å². The van der Waals surface area contributed by atoms with Crippen molar-refractivity contribution in [2.45, 2.75) is 12.8 Å². The lowest BCUT2D eigenvalue weighted by molar-refractivity contribution is -0.115. The minimum absolute atomic E-state index is 0.0194. The fourth-order valence-corrected chi connectivity index (χ4v) is 2.88. The molecule has 8 heteroatoms. The summed E-state index contributed by atoms with van der Waals surface area (Å²) >= 11 is 0. The number of hydrogen-bond donors (Lipinski definition) is 4. The summed E-state index contributed by atoms with van der Waals surface area (Å²) < 4.78 is 0. The number of rotatable bonds is 2. The summed E-state index contributed by atoms with van der Waals surface area (Å²) in [6.45, 7) is 0. The normalized spacial score (nSPS) is 13.5. The molecule has 2 aromatic carbocycles. The van der Waals surface area contributed by atoms with Crippen LogP contribution in [0.15, 0.2) is 36.4 Å². The van der Waals surface area contributed by atoms with Crippen LogP contribution in [-0.4, -0.2) is 35.8 Å². The summed E-state index contributed by atoms with van der Waals surface area (Å²) in [7, 11) is 1.58. The topological polar surface area (TPSA) is 125 Å². The Morgan fingerprint density at radius 2 is 1.37 bits per heavy atom. The lowest BCUT2D eigenvalue weighted by Crippen LogP contribution is -2.17. The molecule has 138 valence electrons. The first-order valence-corrected chi connectivity index (χ1v) is 8.18. The van der Waals surface area contributed by atoms with E-state index < -0.39 is 5.97 Å². The first kappa shape index (κ1) is 18.1. The van der Waals surface area contributed by atoms with Crippen LogP contribution < -0.4 is 16.0 Å². The lowest BCUT2D eigenvalue weighted by atomic mass is 10.1. The Balaban J connectivity index is 0.000000156. The molecule has 4 rings (SSSR count). The molecule has 0 spiro atoms. The number of carboxylic acids is 1. The Morgan fingerprint density at radius 3 is 1.85 bits per heavy atom. The number of carboxylic acid groups (broad SMARTS) is 1. The van der Waals surface area contributed by atoms with Gasteiger partial charge in [0, 0.05) is 24.0 Å². The van der Waals surface area contributed by atoms with Gasteiger partial charge in [0.1, 0.15) is 0 Å². The maximum atomic E-state index is 11.3. The molecule has 0 fully saturated rings. The van der Waals surface area contributed by atoms with Crippen LogP contribution in [0.25, 0.3) is 0 Å². The van der Waals surface area contributed by atoms with Gasteiger partial charge in [-0.05, 0) is 47.5 Å². The molecule has 0 aliphatic carbocycles. The molecule has 0 unspecified atom stereocenters. The maximum absolute atomic E-state index is 11.3. The van der Waals surface area contributed by atoms with Crippen molar-refractivity contribution >= 4 is 35.1 Å². The largest absolute Gasteiger partial charge is 0.478 e. The van der Waals surface area contributed by atoms with E-state index in [4.69, 9.17) is 5.11 Å². The third kappa shape index (κ3) is 3.95. The lowest BCUT2D eigenvalue weighted by Gasteiger charge is -2.02. The molecule has 0 radical (unpaired) electrons. The molecule has 2 aromatic rings. The Morgan fingerprint density at radius 1 is 0.889 bits per heavy atom. The molecule has 4 N–H and O–H groups in total. The van der Waals surface area contributed by atoms with E-state index in [1.165, 1.54) is 12.1 Å². The number of benzene rings is 2. The van der Waals surface area contributed by atoms with Crippen LogP contribution >= 0.6 is 0 Å². The van der Waals surface area contributed by atoms with E-state index in [2.05, 4.69) is 16.0 Å². The van der Waals surface area contributed by atoms with Crippen LogP contribution in [0.5, 0.6) is 0 Å². The highest BCUT2D eigenvalue weighted by molar-refractivity contribution is 6.02. The van der Waals surface area contributed by atoms with Crippen LogP contribution in [-0.2, 0) is 22.4 Å². The van der Waals surface area contributed by atoms with E-state index in [1.54, 1.807) is 31.3 Å². The first-order valence-electron chi connectivity index (χ1n) is 8.18. The van der Waals surface area contributed by atoms with Gasteiger partial charge in [0.15, 0.2) is 0 Å². The van der Waals surface area contributed by atoms with Crippen LogP contribution in [0, 0.1) is 0 Å². The van der Waals surface area contributed by atoms with Crippen molar-refractivity contribution in [1.82, 2.24) is 5.32 Å². The Hall–Kier alpha value is -3.68. The van der Waals surface area contributed by atoms with Gasteiger partial charge in [-0.15, -0.1) is 0 Å². The minimum atomic E-state index is -0.970. The second-order valence-electron chi connectivity index (χ2n) is 6.08. The monoisotopic (exact) mass is 367 g/mol. The summed E-state index contributed by atoms with van der Waals surface area (Å²) in [6.07, 6.45) is 0.636. The van der Waals surface area contributed by atoms with E-state index >= 15 is 0 Å². The van der Waals surface area contributed by atoms with Gasteiger partial charge in [0.2, 0.25) is 11.8 Å². The first-order chi connectivity index (χ1) is 12.9. The molecule has 2 heterocycles. The van der Waals surface area contributed by atoms with Crippen LogP contribution in [0.1, 0.15) is 31.8 Å². The standard InChI is InChI=1S/C10H10N2O2.C9H7NO3/c1-11-10(14)6-2-3-8-7(4-6)5-9(13)12-8;11-8-4-6-3-5(9(12)13)1-2-7(6)10-8/h2-4H,5H2,1H3,(H,11,14)(H,12,13);1-3H,4H2,(H,10,11)(H,12,13). The number of carbonyl (C=O) groups is 4. The highest BCUT2D eigenvalue weighted by Crippen LogP contribution is 2.24. The highest BCUT2D eigenvalue weighted by atomic mass is 16.4. The van der Waals surface area contributed by atoms with E-state index in [0.29, 0.717) is 12.0 Å². The zero-order valence-electron chi connectivity index (χ0n) is 14.5. The fraction of sp³-hybridized carbons (Fsp3) is 0.158. The molecular formula is C19H17N3O5. The zero-order valence-corrected chi connectivity index (χ0v) is 14.5. The number of aromatic carboxylic acids is 1. The molecule has 2 aliphatic heterocycles. The highest BCUT2D eigenvalue weighted by Gasteiger charge is 2.19. The van der Waals surface area contributed by atoms with Gasteiger partial charge >= 0.3 is 5.97 Å². The van der Waals surface area contributed by atoms with Crippen LogP contribution in [0.3, 0.4) is 0 Å². The molecule has 0 saturated carbocycles. The minimum Gasteiger partial charge on any atom is -0.478 e. The van der Waals surface area contributed by atoms with Crippen molar-refractivity contribution in [3.05, 3.63) is 58.7 Å². The molecule has 0 atom stereocenters. The molecule has 0 aromatic heterocycles. The summed E-state index contributed by atoms with van der Waals surface area (Å²) in [4.78, 5) is 43.8. The van der Waals surface area contributed by atoms with Crippen molar-refractivity contribution in [3.8, 4) is 0 Å². The van der Waals surface area contributed by atoms with Gasteiger partial charge in [0.05, 0.1) is 18.4 Å². The number of anilines is 2. The van der Waals surface area contributed by atoms with Gasteiger partial charge in [-0.25, -0.2) is 4.79 Å². The number of hydrogen-bond acceptors (Lipinski definition) is 4. The molecule has 0 saturated heterocycles. The summed E-state index contributed by atoms with van der Waals surface area (Å²) in [5.74, 6) is -1.21. The van der Waals surface area contributed by atoms with Gasteiger partial charge in [-0.1, -0.05) is 0 Å². The third-order valence-electron chi connectivity index (χ3n) is 4.20. The second-order valence-corrected chi connectivity index (χ2v) is 6.08. The Kier molecular flexibility index (Phi) is 4.89. The molecule has 0 bridgehead atoms. The van der Waals surface area contributed by atoms with Gasteiger partial charge in [0.25, 0.3) is 5.91 Å². The van der Waals surface area contributed by atoms with Gasteiger partial charge in [-0.3, -0.25) is 14.4 Å². The second kappa shape index (κ2) is 7.28. The van der Waals surface area contributed by atoms with Crippen molar-refractivity contribution in [3.63, 3.8) is 0 Å². The third-order valence-corrected chi connectivity index (χ3v) is 4.20. The molecule has 3 amide bonds. The maximum Gasteiger partial charge on any atom is 0.335 e. The zero-order chi connectivity index (χ0) is 19.6. The number of fused-ring (bicyclic) bond motifs is 2. The fourth-order valence-electron chi connectivity index (χ4n) is 2.88. The van der Waals surface area contributed by atoms with Gasteiger partial charge < -0.3 is 21.1 Å². The number of amides is 3. The molecule has 2 aliphatic rings. The quantitative estimate of drug-likeness (QED) is 0.639. The average molecular weight is 367 g/mol. The van der Waals surface area contributed by atoms with Gasteiger partial charge in [-0.2, -0.15) is 0 Å². The number of nitrogens with one attached hydrogen (secondary N) is 3. The van der Waals surface area contributed by atoms with Crippen molar-refractivity contribution in [2.75, 3.05) is 17.7 Å². The SMILES string of the molecule is CNC(=O)c1ccc2c(c1)CC(=O)N2.O=C1Cc2cc(C(=O)O)ccc2N1. The molecule has 27 heavy (non-hydrogen) atoms. The smallest absolute Gasteiger partial charge is 0.335 e. The van der Waals surface area contributed by atoms with E-state index in [-0.39, 0.29) is 29.7 Å². The van der Waals surface area contributed by atoms with E-state index in [0.717, 1.165) is 22.5 Å². The van der Waals surface area contributed by atoms with Crippen LogP contribution in [0.4, 0.5) is 11.4 Å².